The zero-order chi connectivity index (χ0) is 31.1. The third-order valence-corrected chi connectivity index (χ3v) is 10.6. The number of nitrogens with zero attached hydrogens (tertiary/aromatic N) is 4. The van der Waals surface area contributed by atoms with Crippen LogP contribution in [0, 0.1) is 29.9 Å². The zero-order valence-corrected chi connectivity index (χ0v) is 25.7. The van der Waals surface area contributed by atoms with Gasteiger partial charge in [0, 0.05) is 53.1 Å². The van der Waals surface area contributed by atoms with Crippen molar-refractivity contribution in [3.63, 3.8) is 0 Å². The Morgan fingerprint density at radius 1 is 1.18 bits per heavy atom. The number of hydrogen-bond donors (Lipinski definition) is 2. The standard InChI is InChI=1S/C36H37F2N5O2/c1-4-22-7-5-8-23-13-25(44)14-26(29(22)23)30-28(37)15-27-32(31(30)38)39-34(45-20-36-10-6-12-43(36)17-21(2)16-36)40-33(27)42-18-24-9-11-35(3,19-42)41-24/h1,5,7-8,13-15,21,24,41,44H,6,9-12,16-20H2,2-3H3/t21-,24-,35-,36+/m1/s1. The van der Waals surface area contributed by atoms with Crippen molar-refractivity contribution in [1.29, 1.82) is 0 Å². The molecule has 4 atom stereocenters. The highest BCUT2D eigenvalue weighted by Gasteiger charge is 2.48. The summed E-state index contributed by atoms with van der Waals surface area (Å²) in [7, 11) is 0. The molecule has 45 heavy (non-hydrogen) atoms. The van der Waals surface area contributed by atoms with Gasteiger partial charge >= 0.3 is 6.01 Å². The molecule has 4 saturated heterocycles. The van der Waals surface area contributed by atoms with Gasteiger partial charge in [0.25, 0.3) is 0 Å². The van der Waals surface area contributed by atoms with Crippen LogP contribution in [0.4, 0.5) is 14.6 Å². The topological polar surface area (TPSA) is 73.8 Å². The van der Waals surface area contributed by atoms with Crippen molar-refractivity contribution in [1.82, 2.24) is 20.2 Å². The second kappa shape index (κ2) is 10.3. The molecule has 232 valence electrons. The number of hydrogen-bond acceptors (Lipinski definition) is 7. The van der Waals surface area contributed by atoms with Gasteiger partial charge in [-0.1, -0.05) is 25.0 Å². The maximum Gasteiger partial charge on any atom is 0.319 e. The molecule has 2 N–H and O–H groups in total. The van der Waals surface area contributed by atoms with Crippen LogP contribution in [-0.4, -0.2) is 69.9 Å². The van der Waals surface area contributed by atoms with Crippen molar-refractivity contribution in [2.24, 2.45) is 5.92 Å². The number of ether oxygens (including phenoxy) is 1. The van der Waals surface area contributed by atoms with Crippen LogP contribution in [0.1, 0.15) is 51.5 Å². The van der Waals surface area contributed by atoms with Crippen LogP contribution in [0.25, 0.3) is 32.8 Å². The average Bonchev–Trinajstić information content (AvgIpc) is 3.63. The average molecular weight is 610 g/mol. The molecule has 1 aromatic heterocycles. The summed E-state index contributed by atoms with van der Waals surface area (Å²) >= 11 is 0. The lowest BCUT2D eigenvalue weighted by molar-refractivity contribution is 0.107. The first kappa shape index (κ1) is 28.5. The van der Waals surface area contributed by atoms with Gasteiger partial charge in [0.2, 0.25) is 0 Å². The number of terminal acetylenes is 1. The Morgan fingerprint density at radius 2 is 2.04 bits per heavy atom. The highest BCUT2D eigenvalue weighted by molar-refractivity contribution is 6.04. The van der Waals surface area contributed by atoms with E-state index >= 15 is 8.78 Å². The molecule has 7 nitrogen and oxygen atoms in total. The van der Waals surface area contributed by atoms with Crippen molar-refractivity contribution in [3.05, 3.63) is 53.6 Å². The second-order valence-electron chi connectivity index (χ2n) is 14.0. The number of aromatic hydroxyl groups is 1. The molecule has 0 saturated carbocycles. The van der Waals surface area contributed by atoms with Crippen molar-refractivity contribution >= 4 is 27.5 Å². The SMILES string of the molecule is C#Cc1cccc2cc(O)cc(-c3c(F)cc4c(N5C[C@H]6CC[C@](C)(C5)N6)nc(OC[C@@]56CCCN5C[C@H](C)C6)nc4c3F)c12. The third-order valence-electron chi connectivity index (χ3n) is 10.6. The molecule has 5 heterocycles. The van der Waals surface area contributed by atoms with E-state index in [0.717, 1.165) is 45.2 Å². The number of phenolic OH excluding ortho intramolecular Hbond substituents is 1. The van der Waals surface area contributed by atoms with Gasteiger partial charge in [-0.3, -0.25) is 4.90 Å². The van der Waals surface area contributed by atoms with Crippen molar-refractivity contribution in [3.8, 4) is 35.2 Å². The summed E-state index contributed by atoms with van der Waals surface area (Å²) in [6.45, 7) is 8.29. The van der Waals surface area contributed by atoms with Crippen LogP contribution in [-0.2, 0) is 0 Å². The van der Waals surface area contributed by atoms with E-state index in [1.165, 1.54) is 18.2 Å². The highest BCUT2D eigenvalue weighted by atomic mass is 19.1. The molecular weight excluding hydrogens is 572 g/mol. The molecule has 4 aliphatic heterocycles. The van der Waals surface area contributed by atoms with Gasteiger partial charge in [-0.05, 0) is 81.1 Å². The molecule has 4 aromatic rings. The number of phenols is 1. The van der Waals surface area contributed by atoms with Gasteiger partial charge in [0.1, 0.15) is 29.5 Å². The normalized spacial score (nSPS) is 27.8. The molecule has 8 rings (SSSR count). The molecule has 3 aromatic carbocycles. The first-order valence-electron chi connectivity index (χ1n) is 16.0. The van der Waals surface area contributed by atoms with E-state index in [1.54, 1.807) is 18.2 Å². The Kier molecular flexibility index (Phi) is 6.49. The number of nitrogens with one attached hydrogen (secondary N) is 1. The van der Waals surface area contributed by atoms with Crippen LogP contribution < -0.4 is 15.0 Å². The van der Waals surface area contributed by atoms with Crippen LogP contribution in [0.5, 0.6) is 11.8 Å². The van der Waals surface area contributed by atoms with E-state index in [4.69, 9.17) is 16.1 Å². The van der Waals surface area contributed by atoms with E-state index < -0.39 is 11.6 Å². The fourth-order valence-corrected chi connectivity index (χ4v) is 8.77. The monoisotopic (exact) mass is 609 g/mol. The van der Waals surface area contributed by atoms with Gasteiger partial charge in [0.15, 0.2) is 5.82 Å². The van der Waals surface area contributed by atoms with E-state index in [1.807, 2.05) is 0 Å². The number of fused-ring (bicyclic) bond motifs is 5. The van der Waals surface area contributed by atoms with Crippen LogP contribution in [0.2, 0.25) is 0 Å². The van der Waals surface area contributed by atoms with Crippen LogP contribution in [0.3, 0.4) is 0 Å². The Labute approximate surface area is 261 Å². The van der Waals surface area contributed by atoms with Crippen molar-refractivity contribution in [2.45, 2.75) is 63.1 Å². The minimum absolute atomic E-state index is 0.0160. The summed E-state index contributed by atoms with van der Waals surface area (Å²) in [5.41, 5.74) is 0.152. The van der Waals surface area contributed by atoms with E-state index in [0.29, 0.717) is 53.2 Å². The number of piperazine rings is 1. The lowest BCUT2D eigenvalue weighted by Crippen LogP contribution is -2.58. The number of anilines is 1. The molecule has 0 spiro atoms. The Balaban J connectivity index is 1.30. The van der Waals surface area contributed by atoms with Crippen LogP contribution >= 0.6 is 0 Å². The molecule has 4 aliphatic rings. The predicted octanol–water partition coefficient (Wildman–Crippen LogP) is 6.00. The molecule has 0 unspecified atom stereocenters. The van der Waals surface area contributed by atoms with Gasteiger partial charge < -0.3 is 20.1 Å². The Morgan fingerprint density at radius 3 is 2.87 bits per heavy atom. The Bertz CT molecular complexity index is 1910. The van der Waals surface area contributed by atoms with Crippen molar-refractivity contribution in [2.75, 3.05) is 37.7 Å². The van der Waals surface area contributed by atoms with Crippen molar-refractivity contribution < 1.29 is 18.6 Å². The number of aromatic nitrogens is 2. The molecule has 9 heteroatoms. The van der Waals surface area contributed by atoms with E-state index in [2.05, 4.69) is 39.9 Å². The third kappa shape index (κ3) is 4.60. The summed E-state index contributed by atoms with van der Waals surface area (Å²) in [6, 6.07) is 9.82. The van der Waals surface area contributed by atoms with Gasteiger partial charge in [-0.2, -0.15) is 9.97 Å². The summed E-state index contributed by atoms with van der Waals surface area (Å²) in [6.07, 6.45) is 11.1. The maximum atomic E-state index is 16.9. The van der Waals surface area contributed by atoms with Crippen LogP contribution in [0.15, 0.2) is 36.4 Å². The Hall–Kier alpha value is -4.00. The fraction of sp³-hybridized carbons (Fsp3) is 0.444. The highest BCUT2D eigenvalue weighted by Crippen LogP contribution is 2.44. The number of benzene rings is 3. The summed E-state index contributed by atoms with van der Waals surface area (Å²) in [5.74, 6) is 1.95. The fourth-order valence-electron chi connectivity index (χ4n) is 8.77. The minimum Gasteiger partial charge on any atom is -0.508 e. The second-order valence-corrected chi connectivity index (χ2v) is 14.0. The lowest BCUT2D eigenvalue weighted by Gasteiger charge is -2.40. The van der Waals surface area contributed by atoms with Gasteiger partial charge in [-0.25, -0.2) is 8.78 Å². The molecule has 0 aliphatic carbocycles. The molecule has 4 fully saturated rings. The number of rotatable bonds is 5. The molecule has 0 radical (unpaired) electrons. The predicted molar refractivity (Wildman–Crippen MR) is 172 cm³/mol. The molecular formula is C36H37F2N5O2. The minimum atomic E-state index is -0.836. The largest absolute Gasteiger partial charge is 0.508 e. The maximum absolute atomic E-state index is 16.9. The van der Waals surface area contributed by atoms with E-state index in [-0.39, 0.29) is 45.5 Å². The van der Waals surface area contributed by atoms with Gasteiger partial charge in [-0.15, -0.1) is 6.42 Å². The summed E-state index contributed by atoms with van der Waals surface area (Å²) in [4.78, 5) is 14.1. The first-order valence-corrected chi connectivity index (χ1v) is 16.0. The first-order chi connectivity index (χ1) is 21.6. The molecule has 2 bridgehead atoms. The quantitative estimate of drug-likeness (QED) is 0.269. The zero-order valence-electron chi connectivity index (χ0n) is 25.7. The molecule has 0 amide bonds. The smallest absolute Gasteiger partial charge is 0.319 e. The van der Waals surface area contributed by atoms with E-state index in [9.17, 15) is 5.11 Å². The number of halogens is 2. The lowest BCUT2D eigenvalue weighted by atomic mass is 9.92. The summed E-state index contributed by atoms with van der Waals surface area (Å²) < 4.78 is 39.6. The van der Waals surface area contributed by atoms with Gasteiger partial charge in [0.05, 0.1) is 11.1 Å². The summed E-state index contributed by atoms with van der Waals surface area (Å²) in [5, 5.41) is 15.6.